The van der Waals surface area contributed by atoms with Crippen molar-refractivity contribution in [3.8, 4) is 0 Å². The summed E-state index contributed by atoms with van der Waals surface area (Å²) in [5.41, 5.74) is 0.889. The normalized spacial score (nSPS) is 49.2. The van der Waals surface area contributed by atoms with Crippen molar-refractivity contribution < 1.29 is 78.9 Å². The van der Waals surface area contributed by atoms with Crippen molar-refractivity contribution in [1.82, 2.24) is 0 Å². The highest BCUT2D eigenvalue weighted by atomic mass is 16.8. The molecule has 16 nitrogen and oxygen atoms in total. The zero-order valence-corrected chi connectivity index (χ0v) is 35.0. The van der Waals surface area contributed by atoms with Crippen LogP contribution in [0.1, 0.15) is 92.9 Å². The largest absolute Gasteiger partial charge is 0.462 e. The van der Waals surface area contributed by atoms with E-state index >= 15 is 0 Å². The first-order chi connectivity index (χ1) is 27.8. The number of allylic oxidation sites excluding steroid dienone is 4. The van der Waals surface area contributed by atoms with Gasteiger partial charge in [0.05, 0.1) is 31.3 Å². The molecule has 2 saturated carbocycles. The molecule has 3 heterocycles. The van der Waals surface area contributed by atoms with E-state index in [4.69, 9.17) is 28.4 Å². The third-order valence-corrected chi connectivity index (χ3v) is 15.7. The molecule has 4 aliphatic carbocycles. The van der Waals surface area contributed by atoms with Crippen LogP contribution in [0.5, 0.6) is 0 Å². The minimum absolute atomic E-state index is 0.0317. The average molecular weight is 839 g/mol. The highest BCUT2D eigenvalue weighted by Gasteiger charge is 2.63. The van der Waals surface area contributed by atoms with E-state index in [1.165, 1.54) is 18.1 Å². The van der Waals surface area contributed by atoms with Gasteiger partial charge in [-0.1, -0.05) is 39.8 Å². The molecule has 0 aromatic carbocycles. The number of esters is 2. The van der Waals surface area contributed by atoms with Crippen molar-refractivity contribution in [2.75, 3.05) is 13.2 Å². The van der Waals surface area contributed by atoms with Crippen molar-refractivity contribution in [3.63, 3.8) is 0 Å². The van der Waals surface area contributed by atoms with Gasteiger partial charge in [0, 0.05) is 12.8 Å². The predicted molar refractivity (Wildman–Crippen MR) is 205 cm³/mol. The SMILES string of the molecule is CC(=O)OC1CC2C3=CCC4CC(OC5OC(CO)C(O)C(O)C5OC5OC(CO)C(O)C(O)C5O)CCC4(C)C3=CCC2(C)C1C1CCC(C(C)C)(C(C)O)OC1=O. The second-order valence-electron chi connectivity index (χ2n) is 19.2. The molecule has 7 rings (SSSR count). The van der Waals surface area contributed by atoms with E-state index < -0.39 is 116 Å². The monoisotopic (exact) mass is 838 g/mol. The lowest BCUT2D eigenvalue weighted by atomic mass is 9.51. The third-order valence-electron chi connectivity index (χ3n) is 15.7. The Morgan fingerprint density at radius 1 is 0.864 bits per heavy atom. The first kappa shape index (κ1) is 45.0. The lowest BCUT2D eigenvalue weighted by Crippen LogP contribution is -2.65. The minimum atomic E-state index is -1.77. The number of rotatable bonds is 10. The van der Waals surface area contributed by atoms with Gasteiger partial charge in [0.1, 0.15) is 60.5 Å². The topological polar surface area (TPSA) is 251 Å². The maximum atomic E-state index is 14.0. The quantitative estimate of drug-likeness (QED) is 0.142. The Kier molecular flexibility index (Phi) is 12.9. The number of fused-ring (bicyclic) bond motifs is 5. The molecule has 3 aliphatic heterocycles. The number of hydrogen-bond donors (Lipinski definition) is 8. The molecule has 0 amide bonds. The molecule has 5 fully saturated rings. The standard InChI is InChI=1S/C43H66O16/c1-19(2)43(20(3)46)14-10-25(38(53)59-43)31-28(54-21(4)47)16-27-24-8-7-22-15-23(9-12-41(22,5)26(24)11-13-42(27,31)6)55-40-37(35(51)33(49)30(18-45)57-40)58-39-36(52)34(50)32(48)29(17-44)56-39/h8,11,19-20,22-23,25,27-37,39-40,44-46,48-52H,7,9-10,12-18H2,1-6H3. The molecule has 7 aliphatic rings. The van der Waals surface area contributed by atoms with Gasteiger partial charge in [0.15, 0.2) is 12.6 Å². The van der Waals surface area contributed by atoms with E-state index in [9.17, 15) is 50.4 Å². The van der Waals surface area contributed by atoms with Gasteiger partial charge in [0.25, 0.3) is 0 Å². The second-order valence-corrected chi connectivity index (χ2v) is 19.2. The maximum absolute atomic E-state index is 14.0. The van der Waals surface area contributed by atoms with Gasteiger partial charge in [-0.15, -0.1) is 0 Å². The van der Waals surface area contributed by atoms with E-state index in [0.717, 1.165) is 12.8 Å². The van der Waals surface area contributed by atoms with Gasteiger partial charge in [-0.05, 0) is 98.0 Å². The van der Waals surface area contributed by atoms with Crippen LogP contribution in [0.3, 0.4) is 0 Å². The molecule has 8 N–H and O–H groups in total. The number of aliphatic hydroxyl groups is 8. The zero-order valence-electron chi connectivity index (χ0n) is 35.0. The summed E-state index contributed by atoms with van der Waals surface area (Å²) in [6.07, 6.45) is -7.42. The van der Waals surface area contributed by atoms with E-state index in [-0.39, 0.29) is 35.1 Å². The lowest BCUT2D eigenvalue weighted by Gasteiger charge is -2.54. The number of cyclic esters (lactones) is 1. The molecule has 0 aromatic rings. The van der Waals surface area contributed by atoms with Crippen LogP contribution in [-0.4, -0.2) is 151 Å². The van der Waals surface area contributed by atoms with Gasteiger partial charge in [-0.25, -0.2) is 0 Å². The van der Waals surface area contributed by atoms with Crippen LogP contribution >= 0.6 is 0 Å². The molecule has 0 spiro atoms. The van der Waals surface area contributed by atoms with Crippen molar-refractivity contribution in [3.05, 3.63) is 23.3 Å². The fraction of sp³-hybridized carbons (Fsp3) is 0.860. The van der Waals surface area contributed by atoms with Crippen LogP contribution in [0.4, 0.5) is 0 Å². The summed E-state index contributed by atoms with van der Waals surface area (Å²) in [6, 6.07) is 0. The number of ether oxygens (including phenoxy) is 6. The third kappa shape index (κ3) is 7.64. The van der Waals surface area contributed by atoms with Crippen LogP contribution in [0.15, 0.2) is 23.3 Å². The smallest absolute Gasteiger partial charge is 0.310 e. The molecular formula is C43H66O16. The van der Waals surface area contributed by atoms with Crippen molar-refractivity contribution in [2.24, 2.45) is 40.4 Å². The number of carbonyl (C=O) groups is 2. The average Bonchev–Trinajstić information content (AvgIpc) is 3.47. The maximum Gasteiger partial charge on any atom is 0.310 e. The van der Waals surface area contributed by atoms with Crippen molar-refractivity contribution in [1.29, 1.82) is 0 Å². The Bertz CT molecular complexity index is 1600. The fourth-order valence-electron chi connectivity index (χ4n) is 12.2. The minimum Gasteiger partial charge on any atom is -0.462 e. The van der Waals surface area contributed by atoms with Crippen LogP contribution in [-0.2, 0) is 38.0 Å². The second kappa shape index (κ2) is 16.9. The molecule has 0 radical (unpaired) electrons. The summed E-state index contributed by atoms with van der Waals surface area (Å²) < 4.78 is 36.1. The lowest BCUT2D eigenvalue weighted by molar-refractivity contribution is -0.372. The van der Waals surface area contributed by atoms with Crippen molar-refractivity contribution in [2.45, 2.75) is 178 Å². The zero-order chi connectivity index (χ0) is 42.9. The van der Waals surface area contributed by atoms with Crippen LogP contribution in [0.25, 0.3) is 0 Å². The summed E-state index contributed by atoms with van der Waals surface area (Å²) in [4.78, 5) is 26.5. The number of carbonyl (C=O) groups excluding carboxylic acids is 2. The Morgan fingerprint density at radius 3 is 2.14 bits per heavy atom. The molecular weight excluding hydrogens is 772 g/mol. The summed E-state index contributed by atoms with van der Waals surface area (Å²) in [6.45, 7) is 10.2. The van der Waals surface area contributed by atoms with Gasteiger partial charge in [-0.2, -0.15) is 0 Å². The Balaban J connectivity index is 1.09. The summed E-state index contributed by atoms with van der Waals surface area (Å²) in [5.74, 6) is -1.41. The van der Waals surface area contributed by atoms with E-state index in [0.29, 0.717) is 38.5 Å². The van der Waals surface area contributed by atoms with Crippen molar-refractivity contribution >= 4 is 11.9 Å². The molecule has 3 saturated heterocycles. The molecule has 0 bridgehead atoms. The first-order valence-corrected chi connectivity index (χ1v) is 21.5. The van der Waals surface area contributed by atoms with Gasteiger partial charge >= 0.3 is 11.9 Å². The Labute approximate surface area is 345 Å². The molecule has 20 atom stereocenters. The Hall–Kier alpha value is -2.06. The number of aliphatic hydroxyl groups excluding tert-OH is 8. The first-order valence-electron chi connectivity index (χ1n) is 21.5. The summed E-state index contributed by atoms with van der Waals surface area (Å²) >= 11 is 0. The van der Waals surface area contributed by atoms with Crippen LogP contribution in [0.2, 0.25) is 0 Å². The fourth-order valence-corrected chi connectivity index (χ4v) is 12.2. The summed E-state index contributed by atoms with van der Waals surface area (Å²) in [5, 5.41) is 83.6. The summed E-state index contributed by atoms with van der Waals surface area (Å²) in [7, 11) is 0. The molecule has 16 heteroatoms. The van der Waals surface area contributed by atoms with Gasteiger partial charge in [-0.3, -0.25) is 9.59 Å². The van der Waals surface area contributed by atoms with E-state index in [2.05, 4.69) is 26.0 Å². The van der Waals surface area contributed by atoms with E-state index in [1.807, 2.05) is 13.8 Å². The highest BCUT2D eigenvalue weighted by molar-refractivity contribution is 5.75. The van der Waals surface area contributed by atoms with E-state index in [1.54, 1.807) is 6.92 Å². The molecule has 20 unspecified atom stereocenters. The highest BCUT2D eigenvalue weighted by Crippen LogP contribution is 2.66. The molecule has 334 valence electrons. The number of hydrogen-bond acceptors (Lipinski definition) is 16. The van der Waals surface area contributed by atoms with Gasteiger partial charge in [0.2, 0.25) is 0 Å². The molecule has 0 aromatic heterocycles. The Morgan fingerprint density at radius 2 is 1.53 bits per heavy atom. The van der Waals surface area contributed by atoms with Gasteiger partial charge < -0.3 is 69.3 Å². The molecule has 59 heavy (non-hydrogen) atoms. The van der Waals surface area contributed by atoms with Crippen LogP contribution < -0.4 is 0 Å². The van der Waals surface area contributed by atoms with Crippen LogP contribution in [0, 0.1) is 40.4 Å². The predicted octanol–water partition coefficient (Wildman–Crippen LogP) is 0.765.